The Morgan fingerprint density at radius 1 is 1.15 bits per heavy atom. The quantitative estimate of drug-likeness (QED) is 0.735. The van der Waals surface area contributed by atoms with Gasteiger partial charge < -0.3 is 9.73 Å². The zero-order chi connectivity index (χ0) is 19.9. The number of nitrogens with zero attached hydrogens (tertiary/aromatic N) is 2. The molecule has 2 aromatic carbocycles. The first-order chi connectivity index (χ1) is 12.6. The minimum absolute atomic E-state index is 0.0767. The van der Waals surface area contributed by atoms with Crippen LogP contribution in [0.5, 0.6) is 0 Å². The Balaban J connectivity index is 1.95. The van der Waals surface area contributed by atoms with Gasteiger partial charge in [-0.05, 0) is 42.8 Å². The third-order valence-electron chi connectivity index (χ3n) is 4.26. The molecule has 8 nitrogen and oxygen atoms in total. The third-order valence-corrected chi connectivity index (χ3v) is 6.22. The lowest BCUT2D eigenvalue weighted by molar-refractivity contribution is 0.102. The Labute approximate surface area is 156 Å². The molecular formula is C18H19N3O5S. The van der Waals surface area contributed by atoms with Gasteiger partial charge >= 0.3 is 5.76 Å². The summed E-state index contributed by atoms with van der Waals surface area (Å²) in [7, 11) is 0.775. The van der Waals surface area contributed by atoms with Gasteiger partial charge in [0.2, 0.25) is 10.0 Å². The molecule has 1 aromatic heterocycles. The summed E-state index contributed by atoms with van der Waals surface area (Å²) in [6.45, 7) is 1.67. The minimum Gasteiger partial charge on any atom is -0.408 e. The molecule has 0 fully saturated rings. The van der Waals surface area contributed by atoms with Crippen molar-refractivity contribution in [1.82, 2.24) is 8.87 Å². The second kappa shape index (κ2) is 6.67. The van der Waals surface area contributed by atoms with Gasteiger partial charge in [0.05, 0.1) is 10.4 Å². The molecule has 0 bridgehead atoms. The first-order valence-corrected chi connectivity index (χ1v) is 9.49. The normalized spacial score (nSPS) is 11.9. The van der Waals surface area contributed by atoms with E-state index >= 15 is 0 Å². The van der Waals surface area contributed by atoms with Crippen LogP contribution in [0.25, 0.3) is 11.1 Å². The zero-order valence-electron chi connectivity index (χ0n) is 15.3. The second-order valence-corrected chi connectivity index (χ2v) is 8.45. The van der Waals surface area contributed by atoms with E-state index in [0.717, 1.165) is 4.31 Å². The molecule has 3 aromatic rings. The Kier molecular flexibility index (Phi) is 4.66. The average Bonchev–Trinajstić information content (AvgIpc) is 2.89. The van der Waals surface area contributed by atoms with Crippen LogP contribution >= 0.6 is 0 Å². The maximum atomic E-state index is 12.6. The molecule has 142 valence electrons. The molecular weight excluding hydrogens is 370 g/mol. The summed E-state index contributed by atoms with van der Waals surface area (Å²) in [5, 5.41) is 2.71. The summed E-state index contributed by atoms with van der Waals surface area (Å²) < 4.78 is 32.3. The van der Waals surface area contributed by atoms with E-state index in [9.17, 15) is 18.0 Å². The molecule has 0 spiro atoms. The standard InChI is InChI=1S/C18H19N3O5S/c1-11-5-6-12(9-16(11)27(24,25)20(2)3)17(22)19-13-7-8-15-14(10-13)21(4)18(23)26-15/h5-10H,1-4H3,(H,19,22). The highest BCUT2D eigenvalue weighted by Gasteiger charge is 2.21. The Morgan fingerprint density at radius 3 is 2.52 bits per heavy atom. The predicted molar refractivity (Wildman–Crippen MR) is 101 cm³/mol. The Bertz CT molecular complexity index is 1210. The number of hydrogen-bond acceptors (Lipinski definition) is 5. The van der Waals surface area contributed by atoms with Crippen molar-refractivity contribution < 1.29 is 17.6 Å². The summed E-state index contributed by atoms with van der Waals surface area (Å²) >= 11 is 0. The fourth-order valence-corrected chi connectivity index (χ4v) is 3.77. The van der Waals surface area contributed by atoms with Crippen LogP contribution in [-0.2, 0) is 17.1 Å². The number of anilines is 1. The van der Waals surface area contributed by atoms with E-state index in [-0.39, 0.29) is 10.5 Å². The Hall–Kier alpha value is -2.91. The molecule has 1 amide bonds. The number of oxazole rings is 1. The monoisotopic (exact) mass is 389 g/mol. The predicted octanol–water partition coefficient (Wildman–Crippen LogP) is 1.94. The van der Waals surface area contributed by atoms with Crippen molar-refractivity contribution in [2.24, 2.45) is 7.05 Å². The van der Waals surface area contributed by atoms with Gasteiger partial charge in [0.15, 0.2) is 5.58 Å². The van der Waals surface area contributed by atoms with Crippen molar-refractivity contribution in [2.45, 2.75) is 11.8 Å². The molecule has 0 aliphatic rings. The van der Waals surface area contributed by atoms with Gasteiger partial charge in [0.25, 0.3) is 5.91 Å². The number of aryl methyl sites for hydroxylation is 2. The molecule has 1 heterocycles. The summed E-state index contributed by atoms with van der Waals surface area (Å²) in [5.74, 6) is -0.955. The van der Waals surface area contributed by atoms with Gasteiger partial charge in [-0.2, -0.15) is 0 Å². The average molecular weight is 389 g/mol. The number of benzene rings is 2. The van der Waals surface area contributed by atoms with Crippen LogP contribution in [0.4, 0.5) is 5.69 Å². The lowest BCUT2D eigenvalue weighted by Crippen LogP contribution is -2.23. The molecule has 1 N–H and O–H groups in total. The van der Waals surface area contributed by atoms with Crippen molar-refractivity contribution in [3.63, 3.8) is 0 Å². The number of nitrogens with one attached hydrogen (secondary N) is 1. The molecule has 27 heavy (non-hydrogen) atoms. The fraction of sp³-hybridized carbons (Fsp3) is 0.222. The topological polar surface area (TPSA) is 102 Å². The first-order valence-electron chi connectivity index (χ1n) is 8.05. The van der Waals surface area contributed by atoms with Crippen LogP contribution in [0.1, 0.15) is 15.9 Å². The van der Waals surface area contributed by atoms with Crippen LogP contribution in [0.3, 0.4) is 0 Å². The number of amides is 1. The van der Waals surface area contributed by atoms with E-state index in [2.05, 4.69) is 5.32 Å². The van der Waals surface area contributed by atoms with Crippen molar-refractivity contribution >= 4 is 32.7 Å². The highest BCUT2D eigenvalue weighted by molar-refractivity contribution is 7.89. The number of rotatable bonds is 4. The number of carbonyl (C=O) groups excluding carboxylic acids is 1. The second-order valence-electron chi connectivity index (χ2n) is 6.33. The van der Waals surface area contributed by atoms with Gasteiger partial charge in [-0.15, -0.1) is 0 Å². The van der Waals surface area contributed by atoms with Gasteiger partial charge in [-0.25, -0.2) is 17.5 Å². The van der Waals surface area contributed by atoms with Crippen LogP contribution in [0.2, 0.25) is 0 Å². The number of carbonyl (C=O) groups is 1. The largest absolute Gasteiger partial charge is 0.419 e. The maximum Gasteiger partial charge on any atom is 0.419 e. The smallest absolute Gasteiger partial charge is 0.408 e. The molecule has 0 unspecified atom stereocenters. The van der Waals surface area contributed by atoms with Gasteiger partial charge in [0, 0.05) is 32.4 Å². The summed E-state index contributed by atoms with van der Waals surface area (Å²) in [6.07, 6.45) is 0. The maximum absolute atomic E-state index is 12.6. The lowest BCUT2D eigenvalue weighted by Gasteiger charge is -2.14. The molecule has 0 aliphatic heterocycles. The Morgan fingerprint density at radius 2 is 1.85 bits per heavy atom. The third kappa shape index (κ3) is 3.38. The molecule has 0 aliphatic carbocycles. The number of sulfonamides is 1. The van der Waals surface area contributed by atoms with Gasteiger partial charge in [-0.1, -0.05) is 6.07 Å². The molecule has 3 rings (SSSR count). The van der Waals surface area contributed by atoms with E-state index in [4.69, 9.17) is 4.42 Å². The van der Waals surface area contributed by atoms with E-state index in [1.54, 1.807) is 44.3 Å². The van der Waals surface area contributed by atoms with Crippen molar-refractivity contribution in [1.29, 1.82) is 0 Å². The highest BCUT2D eigenvalue weighted by atomic mass is 32.2. The highest BCUT2D eigenvalue weighted by Crippen LogP contribution is 2.22. The molecule has 0 atom stereocenters. The summed E-state index contributed by atoms with van der Waals surface area (Å²) in [6, 6.07) is 9.31. The molecule has 9 heteroatoms. The summed E-state index contributed by atoms with van der Waals surface area (Å²) in [5.41, 5.74) is 2.17. The van der Waals surface area contributed by atoms with Gasteiger partial charge in [0.1, 0.15) is 0 Å². The van der Waals surface area contributed by atoms with E-state index < -0.39 is 21.7 Å². The number of fused-ring (bicyclic) bond motifs is 1. The van der Waals surface area contributed by atoms with Crippen LogP contribution in [0.15, 0.2) is 50.5 Å². The van der Waals surface area contributed by atoms with E-state index in [0.29, 0.717) is 22.4 Å². The number of aromatic nitrogens is 1. The van der Waals surface area contributed by atoms with E-state index in [1.807, 2.05) is 0 Å². The molecule has 0 radical (unpaired) electrons. The van der Waals surface area contributed by atoms with E-state index in [1.165, 1.54) is 24.7 Å². The fourth-order valence-electron chi connectivity index (χ4n) is 2.62. The summed E-state index contributed by atoms with van der Waals surface area (Å²) in [4.78, 5) is 24.2. The first kappa shape index (κ1) is 18.9. The van der Waals surface area contributed by atoms with Crippen molar-refractivity contribution in [2.75, 3.05) is 19.4 Å². The molecule has 0 saturated heterocycles. The van der Waals surface area contributed by atoms with Crippen LogP contribution in [-0.4, -0.2) is 37.3 Å². The van der Waals surface area contributed by atoms with Crippen molar-refractivity contribution in [3.05, 3.63) is 58.1 Å². The van der Waals surface area contributed by atoms with Crippen molar-refractivity contribution in [3.8, 4) is 0 Å². The van der Waals surface area contributed by atoms with Crippen LogP contribution in [0, 0.1) is 6.92 Å². The molecule has 0 saturated carbocycles. The minimum atomic E-state index is -3.67. The zero-order valence-corrected chi connectivity index (χ0v) is 16.1. The lowest BCUT2D eigenvalue weighted by atomic mass is 10.1. The SMILES string of the molecule is Cc1ccc(C(=O)Nc2ccc3oc(=O)n(C)c3c2)cc1S(=O)(=O)N(C)C. The van der Waals surface area contributed by atoms with Crippen LogP contribution < -0.4 is 11.1 Å². The van der Waals surface area contributed by atoms with Gasteiger partial charge in [-0.3, -0.25) is 9.36 Å². The number of hydrogen-bond donors (Lipinski definition) is 1.